The number of nitrogens with one attached hydrogen (secondary N) is 1. The summed E-state index contributed by atoms with van der Waals surface area (Å²) in [6, 6.07) is 0. The monoisotopic (exact) mass is 168 g/mol. The van der Waals surface area contributed by atoms with E-state index in [1.54, 1.807) is 6.92 Å². The molecule has 4 nitrogen and oxygen atoms in total. The van der Waals surface area contributed by atoms with Crippen LogP contribution in [0.25, 0.3) is 0 Å². The minimum absolute atomic E-state index is 0. The molecule has 1 aromatic rings. The zero-order valence-electron chi connectivity index (χ0n) is 5.75. The number of H-pyrrole nitrogens is 1. The Bertz CT molecular complexity index is 237. The second-order valence-corrected chi connectivity index (χ2v) is 2.50. The molecular formula is C4H5N2NaO2S. The summed E-state index contributed by atoms with van der Waals surface area (Å²) in [6.45, 7) is 1.65. The Morgan fingerprint density at radius 3 is 2.60 bits per heavy atom. The van der Waals surface area contributed by atoms with Gasteiger partial charge in [0, 0.05) is 5.69 Å². The Morgan fingerprint density at radius 1 is 1.80 bits per heavy atom. The summed E-state index contributed by atoms with van der Waals surface area (Å²) in [7, 11) is 0. The van der Waals surface area contributed by atoms with Crippen LogP contribution in [0.1, 0.15) is 5.69 Å². The second kappa shape index (κ2) is 4.25. The summed E-state index contributed by atoms with van der Waals surface area (Å²) in [4.78, 5) is 0.231. The van der Waals surface area contributed by atoms with Gasteiger partial charge in [-0.3, -0.25) is 9.31 Å². The average Bonchev–Trinajstić information content (AvgIpc) is 2.13. The molecule has 1 unspecified atom stereocenters. The zero-order chi connectivity index (χ0) is 6.85. The summed E-state index contributed by atoms with van der Waals surface area (Å²) >= 11 is -2.15. The largest absolute Gasteiger partial charge is 1.00 e. The Labute approximate surface area is 83.0 Å². The fraction of sp³-hybridized carbons (Fsp3) is 0.250. The van der Waals surface area contributed by atoms with Gasteiger partial charge in [0.2, 0.25) is 0 Å². The third-order valence-electron chi connectivity index (χ3n) is 0.963. The number of hydrogen-bond donors (Lipinski definition) is 1. The van der Waals surface area contributed by atoms with Gasteiger partial charge < -0.3 is 4.55 Å². The number of nitrogens with zero attached hydrogens (tertiary/aromatic N) is 1. The van der Waals surface area contributed by atoms with Crippen LogP contribution >= 0.6 is 0 Å². The van der Waals surface area contributed by atoms with Crippen LogP contribution in [0.15, 0.2) is 11.1 Å². The van der Waals surface area contributed by atoms with E-state index in [0.717, 1.165) is 0 Å². The molecule has 0 spiro atoms. The molecule has 1 rings (SSSR count). The normalized spacial score (nSPS) is 12.2. The zero-order valence-corrected chi connectivity index (χ0v) is 8.57. The van der Waals surface area contributed by atoms with Crippen molar-refractivity contribution in [3.8, 4) is 0 Å². The maximum Gasteiger partial charge on any atom is 1.00 e. The average molecular weight is 168 g/mol. The van der Waals surface area contributed by atoms with Crippen LogP contribution in [0.5, 0.6) is 0 Å². The van der Waals surface area contributed by atoms with E-state index in [1.165, 1.54) is 6.20 Å². The summed E-state index contributed by atoms with van der Waals surface area (Å²) in [6.07, 6.45) is 1.28. The van der Waals surface area contributed by atoms with Gasteiger partial charge in [-0.15, -0.1) is 0 Å². The van der Waals surface area contributed by atoms with Crippen LogP contribution in [0.2, 0.25) is 0 Å². The van der Waals surface area contributed by atoms with E-state index in [-0.39, 0.29) is 34.5 Å². The molecule has 6 heteroatoms. The molecule has 0 aliphatic rings. The van der Waals surface area contributed by atoms with Crippen molar-refractivity contribution in [2.45, 2.75) is 11.8 Å². The fourth-order valence-corrected chi connectivity index (χ4v) is 0.942. The smallest absolute Gasteiger partial charge is 0.768 e. The quantitative estimate of drug-likeness (QED) is 0.358. The molecule has 0 aliphatic carbocycles. The predicted octanol–water partition coefficient (Wildman–Crippen LogP) is -3.04. The van der Waals surface area contributed by atoms with Crippen molar-refractivity contribution in [2.75, 3.05) is 0 Å². The van der Waals surface area contributed by atoms with Gasteiger partial charge in [0.25, 0.3) is 0 Å². The molecule has 1 heterocycles. The Morgan fingerprint density at radius 2 is 2.40 bits per heavy atom. The summed E-state index contributed by atoms with van der Waals surface area (Å²) < 4.78 is 20.4. The van der Waals surface area contributed by atoms with Gasteiger partial charge in [-0.2, -0.15) is 5.10 Å². The maximum absolute atomic E-state index is 10.2. The Balaban J connectivity index is 0.000000810. The minimum Gasteiger partial charge on any atom is -0.768 e. The van der Waals surface area contributed by atoms with Crippen molar-refractivity contribution in [1.29, 1.82) is 0 Å². The van der Waals surface area contributed by atoms with Crippen molar-refractivity contribution in [2.24, 2.45) is 0 Å². The molecule has 0 aromatic carbocycles. The van der Waals surface area contributed by atoms with Gasteiger partial charge in [0.15, 0.2) is 0 Å². The standard InChI is InChI=1S/C4H6N2O2S.Na/c1-3-4(9(7)8)2-5-6-3;/h2H,1H3,(H,5,6)(H,7,8);/q;+1/p-1. The van der Waals surface area contributed by atoms with Crippen LogP contribution in [0.3, 0.4) is 0 Å². The molecule has 1 N–H and O–H groups in total. The van der Waals surface area contributed by atoms with Crippen molar-refractivity contribution in [1.82, 2.24) is 10.2 Å². The summed E-state index contributed by atoms with van der Waals surface area (Å²) in [5, 5.41) is 6.03. The van der Waals surface area contributed by atoms with E-state index in [0.29, 0.717) is 5.69 Å². The number of hydrogen-bond acceptors (Lipinski definition) is 3. The van der Waals surface area contributed by atoms with E-state index in [9.17, 15) is 8.76 Å². The number of aromatic amines is 1. The van der Waals surface area contributed by atoms with E-state index < -0.39 is 11.1 Å². The summed E-state index contributed by atoms with van der Waals surface area (Å²) in [5.74, 6) is 0. The van der Waals surface area contributed by atoms with E-state index >= 15 is 0 Å². The minimum atomic E-state index is -2.15. The SMILES string of the molecule is Cc1[nH]ncc1S(=O)[O-].[Na+]. The fourth-order valence-electron chi connectivity index (χ4n) is 0.508. The molecule has 0 radical (unpaired) electrons. The maximum atomic E-state index is 10.2. The van der Waals surface area contributed by atoms with Crippen LogP contribution in [-0.4, -0.2) is 19.0 Å². The van der Waals surface area contributed by atoms with Crippen molar-refractivity contribution in [3.05, 3.63) is 11.9 Å². The van der Waals surface area contributed by atoms with Crippen LogP contribution in [0.4, 0.5) is 0 Å². The van der Waals surface area contributed by atoms with Crippen molar-refractivity contribution in [3.63, 3.8) is 0 Å². The van der Waals surface area contributed by atoms with Crippen molar-refractivity contribution >= 4 is 11.1 Å². The van der Waals surface area contributed by atoms with Gasteiger partial charge in [0.1, 0.15) is 0 Å². The van der Waals surface area contributed by atoms with Crippen LogP contribution in [-0.2, 0) is 11.1 Å². The van der Waals surface area contributed by atoms with Gasteiger partial charge in [-0.25, -0.2) is 0 Å². The van der Waals surface area contributed by atoms with Crippen molar-refractivity contribution < 1.29 is 38.3 Å². The third-order valence-corrected chi connectivity index (χ3v) is 1.73. The molecule has 0 amide bonds. The molecule has 0 aliphatic heterocycles. The first-order valence-corrected chi connectivity index (χ1v) is 3.38. The number of aryl methyl sites for hydroxylation is 1. The predicted molar refractivity (Wildman–Crippen MR) is 30.5 cm³/mol. The third kappa shape index (κ3) is 2.17. The number of rotatable bonds is 1. The first-order chi connectivity index (χ1) is 4.22. The topological polar surface area (TPSA) is 68.8 Å². The number of aromatic nitrogens is 2. The molecule has 0 saturated carbocycles. The molecular weight excluding hydrogens is 163 g/mol. The molecule has 10 heavy (non-hydrogen) atoms. The molecule has 0 bridgehead atoms. The van der Waals surface area contributed by atoms with E-state index in [2.05, 4.69) is 10.2 Å². The van der Waals surface area contributed by atoms with Gasteiger partial charge in [0.05, 0.1) is 11.1 Å². The second-order valence-electron chi connectivity index (χ2n) is 1.59. The molecule has 1 aromatic heterocycles. The Kier molecular flexibility index (Phi) is 4.39. The van der Waals surface area contributed by atoms with Gasteiger partial charge >= 0.3 is 29.6 Å². The van der Waals surface area contributed by atoms with Crippen LogP contribution in [0, 0.1) is 6.92 Å². The van der Waals surface area contributed by atoms with E-state index in [4.69, 9.17) is 0 Å². The molecule has 0 fully saturated rings. The first kappa shape index (κ1) is 10.3. The first-order valence-electron chi connectivity index (χ1n) is 2.31. The Hall–Kier alpha value is 0.320. The summed E-state index contributed by atoms with van der Waals surface area (Å²) in [5.41, 5.74) is 0.573. The van der Waals surface area contributed by atoms with E-state index in [1.807, 2.05) is 0 Å². The molecule has 0 saturated heterocycles. The van der Waals surface area contributed by atoms with Crippen LogP contribution < -0.4 is 29.6 Å². The molecule has 1 atom stereocenters. The van der Waals surface area contributed by atoms with Gasteiger partial charge in [-0.05, 0) is 18.0 Å². The molecule has 50 valence electrons. The van der Waals surface area contributed by atoms with Gasteiger partial charge in [-0.1, -0.05) is 0 Å².